The first kappa shape index (κ1) is 19.4. The molecule has 0 radical (unpaired) electrons. The lowest BCUT2D eigenvalue weighted by Crippen LogP contribution is -3.17. The van der Waals surface area contributed by atoms with E-state index in [4.69, 9.17) is 4.74 Å². The molecule has 3 atom stereocenters. The number of ether oxygens (including phenoxy) is 1. The highest BCUT2D eigenvalue weighted by molar-refractivity contribution is 6.11. The number of quaternary nitrogens is 1. The van der Waals surface area contributed by atoms with E-state index in [-0.39, 0.29) is 29.9 Å². The predicted molar refractivity (Wildman–Crippen MR) is 101 cm³/mol. The van der Waals surface area contributed by atoms with Crippen molar-refractivity contribution >= 4 is 28.5 Å². The summed E-state index contributed by atoms with van der Waals surface area (Å²) in [6.45, 7) is 7.91. The Balaban J connectivity index is 1.90. The van der Waals surface area contributed by atoms with Gasteiger partial charge in [-0.25, -0.2) is 9.18 Å². The molecule has 3 rings (SSSR count). The van der Waals surface area contributed by atoms with Gasteiger partial charge in [-0.3, -0.25) is 4.79 Å². The van der Waals surface area contributed by atoms with Crippen molar-refractivity contribution in [1.29, 1.82) is 0 Å². The lowest BCUT2D eigenvalue weighted by molar-refractivity contribution is -0.922. The number of amides is 1. The molecule has 27 heavy (non-hydrogen) atoms. The van der Waals surface area contributed by atoms with E-state index < -0.39 is 11.8 Å². The maximum absolute atomic E-state index is 13.8. The van der Waals surface area contributed by atoms with Crippen LogP contribution in [0.2, 0.25) is 0 Å². The summed E-state index contributed by atoms with van der Waals surface area (Å²) in [6, 6.07) is 3.90. The molecule has 1 saturated heterocycles. The molecule has 7 heteroatoms. The molecule has 0 aliphatic carbocycles. The van der Waals surface area contributed by atoms with Crippen molar-refractivity contribution in [3.05, 3.63) is 29.7 Å². The Morgan fingerprint density at radius 3 is 2.93 bits per heavy atom. The van der Waals surface area contributed by atoms with E-state index in [1.165, 1.54) is 23.5 Å². The quantitative estimate of drug-likeness (QED) is 0.700. The number of esters is 1. The third-order valence-electron chi connectivity index (χ3n) is 5.30. The number of rotatable bonds is 5. The van der Waals surface area contributed by atoms with Crippen LogP contribution in [0.5, 0.6) is 0 Å². The molecule has 1 aromatic carbocycles. The Morgan fingerprint density at radius 2 is 2.22 bits per heavy atom. The zero-order chi connectivity index (χ0) is 19.6. The van der Waals surface area contributed by atoms with Crippen LogP contribution >= 0.6 is 0 Å². The average molecular weight is 376 g/mol. The number of carbonyl (C=O) groups is 2. The molecule has 3 N–H and O–H groups in total. The van der Waals surface area contributed by atoms with E-state index in [2.05, 4.69) is 17.2 Å². The first-order valence-electron chi connectivity index (χ1n) is 9.54. The number of carbonyl (C=O) groups excluding carboxylic acids is 2. The Labute approximate surface area is 158 Å². The van der Waals surface area contributed by atoms with Gasteiger partial charge in [0.15, 0.2) is 6.04 Å². The maximum atomic E-state index is 13.8. The highest BCUT2D eigenvalue weighted by atomic mass is 19.1. The Kier molecular flexibility index (Phi) is 5.79. The molecular weight excluding hydrogens is 349 g/mol. The predicted octanol–water partition coefficient (Wildman–Crippen LogP) is 2.13. The molecule has 1 fully saturated rings. The number of benzene rings is 1. The molecule has 2 heterocycles. The highest BCUT2D eigenvalue weighted by Crippen LogP contribution is 2.29. The van der Waals surface area contributed by atoms with Crippen molar-refractivity contribution in [2.75, 3.05) is 25.0 Å². The lowest BCUT2D eigenvalue weighted by atomic mass is 9.99. The second-order valence-electron chi connectivity index (χ2n) is 7.36. The number of hydrogen-bond acceptors (Lipinski definition) is 3. The SMILES string of the molecule is CCOC(=O)c1[nH]c2ccc(F)cc2c1NC(=O)[C@H](C)[NH+]1CCC[C@H](C)C1. The number of H-pyrrole nitrogens is 1. The molecule has 146 valence electrons. The van der Waals surface area contributed by atoms with Gasteiger partial charge in [-0.1, -0.05) is 6.92 Å². The third-order valence-corrected chi connectivity index (χ3v) is 5.30. The fraction of sp³-hybridized carbons (Fsp3) is 0.500. The summed E-state index contributed by atoms with van der Waals surface area (Å²) in [5.74, 6) is -0.608. The number of hydrogen-bond donors (Lipinski definition) is 3. The number of anilines is 1. The molecule has 1 aromatic heterocycles. The smallest absolute Gasteiger partial charge is 0.356 e. The summed E-state index contributed by atoms with van der Waals surface area (Å²) in [7, 11) is 0. The molecule has 2 aromatic rings. The molecule has 0 bridgehead atoms. The van der Waals surface area contributed by atoms with E-state index >= 15 is 0 Å². The standard InChI is InChI=1S/C20H26FN3O3/c1-4-27-20(26)18-17(15-10-14(21)7-8-16(15)22-18)23-19(25)13(3)24-9-5-6-12(2)11-24/h7-8,10,12-13,22H,4-6,9,11H2,1-3H3,(H,23,25)/p+1/t12-,13-/m0/s1. The molecule has 0 spiro atoms. The molecule has 1 amide bonds. The number of nitrogens with one attached hydrogen (secondary N) is 3. The van der Waals surface area contributed by atoms with Gasteiger partial charge in [0, 0.05) is 16.8 Å². The van der Waals surface area contributed by atoms with Crippen LogP contribution in [-0.2, 0) is 9.53 Å². The molecule has 1 unspecified atom stereocenters. The number of likely N-dealkylation sites (tertiary alicyclic amines) is 1. The lowest BCUT2D eigenvalue weighted by Gasteiger charge is -2.31. The van der Waals surface area contributed by atoms with Gasteiger partial charge in [-0.15, -0.1) is 0 Å². The van der Waals surface area contributed by atoms with Crippen molar-refractivity contribution < 1.29 is 23.6 Å². The van der Waals surface area contributed by atoms with Crippen LogP contribution in [0.4, 0.5) is 10.1 Å². The van der Waals surface area contributed by atoms with Crippen LogP contribution in [0.25, 0.3) is 10.9 Å². The average Bonchev–Trinajstić information content (AvgIpc) is 2.99. The number of halogens is 1. The summed E-state index contributed by atoms with van der Waals surface area (Å²) in [4.78, 5) is 29.4. The molecule has 0 saturated carbocycles. The van der Waals surface area contributed by atoms with Crippen molar-refractivity contribution in [2.24, 2.45) is 5.92 Å². The number of piperidine rings is 1. The normalized spacial score (nSPS) is 21.0. The van der Waals surface area contributed by atoms with E-state index in [9.17, 15) is 14.0 Å². The number of aromatic amines is 1. The topological polar surface area (TPSA) is 75.6 Å². The number of aromatic nitrogens is 1. The monoisotopic (exact) mass is 376 g/mol. The fourth-order valence-electron chi connectivity index (χ4n) is 3.79. The summed E-state index contributed by atoms with van der Waals surface area (Å²) < 4.78 is 18.8. The highest BCUT2D eigenvalue weighted by Gasteiger charge is 2.31. The zero-order valence-electron chi connectivity index (χ0n) is 16.0. The number of fused-ring (bicyclic) bond motifs is 1. The summed E-state index contributed by atoms with van der Waals surface area (Å²) >= 11 is 0. The first-order valence-corrected chi connectivity index (χ1v) is 9.54. The van der Waals surface area contributed by atoms with Crippen LogP contribution in [0.15, 0.2) is 18.2 Å². The van der Waals surface area contributed by atoms with E-state index in [0.717, 1.165) is 19.5 Å². The van der Waals surface area contributed by atoms with Crippen molar-refractivity contribution in [2.45, 2.75) is 39.7 Å². The minimum absolute atomic E-state index is 0.139. The molecule has 6 nitrogen and oxygen atoms in total. The van der Waals surface area contributed by atoms with Crippen molar-refractivity contribution in [3.8, 4) is 0 Å². The summed E-state index contributed by atoms with van der Waals surface area (Å²) in [5.41, 5.74) is 0.991. The second kappa shape index (κ2) is 8.08. The Bertz CT molecular complexity index is 848. The van der Waals surface area contributed by atoms with Gasteiger partial charge in [0.2, 0.25) is 0 Å². The third kappa shape index (κ3) is 4.13. The van der Waals surface area contributed by atoms with Crippen LogP contribution < -0.4 is 10.2 Å². The van der Waals surface area contributed by atoms with Crippen molar-refractivity contribution in [3.63, 3.8) is 0 Å². The Morgan fingerprint density at radius 1 is 1.44 bits per heavy atom. The van der Waals surface area contributed by atoms with Gasteiger partial charge < -0.3 is 19.9 Å². The fourth-order valence-corrected chi connectivity index (χ4v) is 3.79. The summed E-state index contributed by atoms with van der Waals surface area (Å²) in [6.07, 6.45) is 2.28. The van der Waals surface area contributed by atoms with Gasteiger partial charge >= 0.3 is 5.97 Å². The van der Waals surface area contributed by atoms with Gasteiger partial charge in [0.05, 0.1) is 25.4 Å². The van der Waals surface area contributed by atoms with Gasteiger partial charge in [0.25, 0.3) is 5.91 Å². The van der Waals surface area contributed by atoms with E-state index in [1.54, 1.807) is 13.0 Å². The maximum Gasteiger partial charge on any atom is 0.356 e. The first-order chi connectivity index (χ1) is 12.9. The molecule has 1 aliphatic rings. The largest absolute Gasteiger partial charge is 0.461 e. The second-order valence-corrected chi connectivity index (χ2v) is 7.36. The minimum atomic E-state index is -0.573. The van der Waals surface area contributed by atoms with Gasteiger partial charge in [-0.2, -0.15) is 0 Å². The van der Waals surface area contributed by atoms with E-state index in [1.807, 2.05) is 6.92 Å². The van der Waals surface area contributed by atoms with Crippen LogP contribution in [0.3, 0.4) is 0 Å². The summed E-state index contributed by atoms with van der Waals surface area (Å²) in [5, 5.41) is 3.31. The van der Waals surface area contributed by atoms with Gasteiger partial charge in [-0.05, 0) is 44.9 Å². The van der Waals surface area contributed by atoms with Crippen LogP contribution in [0.1, 0.15) is 44.1 Å². The van der Waals surface area contributed by atoms with Crippen LogP contribution in [0, 0.1) is 11.7 Å². The molecule has 1 aliphatic heterocycles. The zero-order valence-corrected chi connectivity index (χ0v) is 16.0. The Hall–Kier alpha value is -2.41. The van der Waals surface area contributed by atoms with Crippen molar-refractivity contribution in [1.82, 2.24) is 4.98 Å². The molecular formula is C20H27FN3O3+. The minimum Gasteiger partial charge on any atom is -0.461 e. The van der Waals surface area contributed by atoms with E-state index in [0.29, 0.717) is 16.8 Å². The van der Waals surface area contributed by atoms with Gasteiger partial charge in [0.1, 0.15) is 11.5 Å². The van der Waals surface area contributed by atoms with Crippen LogP contribution in [-0.4, -0.2) is 42.6 Å².